The van der Waals surface area contributed by atoms with Gasteiger partial charge in [-0.05, 0) is 71.3 Å². The fourth-order valence-corrected chi connectivity index (χ4v) is 6.16. The monoisotopic (exact) mass is 692 g/mol. The first-order valence-electron chi connectivity index (χ1n) is 20.9. The second-order valence-electron chi connectivity index (χ2n) is 14.3. The number of hydrogen-bond acceptors (Lipinski definition) is 6. The Hall–Kier alpha value is -1.66. The number of aliphatic hydroxyl groups excluding tert-OH is 1. The van der Waals surface area contributed by atoms with Gasteiger partial charge in [0.05, 0.1) is 19.8 Å². The molecule has 0 fully saturated rings. The lowest BCUT2D eigenvalue weighted by atomic mass is 9.93. The molecule has 0 aromatic heterocycles. The molecule has 0 unspecified atom stereocenters. The summed E-state index contributed by atoms with van der Waals surface area (Å²) in [6, 6.07) is 0. The number of likely N-dealkylation sites (N-methyl/N-ethyl adjacent to an activating group) is 1. The zero-order chi connectivity index (χ0) is 35.9. The van der Waals surface area contributed by atoms with Gasteiger partial charge in [0.15, 0.2) is 0 Å². The highest BCUT2D eigenvalue weighted by molar-refractivity contribution is 5.69. The Morgan fingerprint density at radius 2 is 0.816 bits per heavy atom. The number of allylic oxidation sites excluding steroid dienone is 4. The number of carbonyl (C=O) groups is 2. The average Bonchev–Trinajstić information content (AvgIpc) is 3.11. The summed E-state index contributed by atoms with van der Waals surface area (Å²) in [6.07, 6.45) is 43.2. The van der Waals surface area contributed by atoms with E-state index in [9.17, 15) is 14.7 Å². The molecule has 6 heteroatoms. The van der Waals surface area contributed by atoms with Crippen LogP contribution >= 0.6 is 0 Å². The number of nitrogens with one attached hydrogen (secondary N) is 1. The van der Waals surface area contributed by atoms with Crippen molar-refractivity contribution in [1.82, 2.24) is 5.32 Å². The SMILES string of the molecule is CCCCCCCCC=CCCCCCCCC(=O)OCCC(CO)(CCOC(=O)CCCCCCCC=CCCCCCCCC)NC. The van der Waals surface area contributed by atoms with Gasteiger partial charge in [-0.15, -0.1) is 0 Å². The van der Waals surface area contributed by atoms with Crippen molar-refractivity contribution >= 4 is 11.9 Å². The molecule has 0 aromatic rings. The largest absolute Gasteiger partial charge is 0.466 e. The van der Waals surface area contributed by atoms with Gasteiger partial charge < -0.3 is 19.9 Å². The molecule has 0 bridgehead atoms. The van der Waals surface area contributed by atoms with Crippen molar-refractivity contribution < 1.29 is 24.2 Å². The van der Waals surface area contributed by atoms with Crippen LogP contribution in [-0.2, 0) is 19.1 Å². The predicted octanol–water partition coefficient (Wildman–Crippen LogP) is 11.9. The smallest absolute Gasteiger partial charge is 0.305 e. The number of aliphatic hydroxyl groups is 1. The fraction of sp³-hybridized carbons (Fsp3) is 0.860. The zero-order valence-corrected chi connectivity index (χ0v) is 32.7. The summed E-state index contributed by atoms with van der Waals surface area (Å²) in [7, 11) is 1.79. The minimum absolute atomic E-state index is 0.110. The van der Waals surface area contributed by atoms with Crippen LogP contribution in [0.15, 0.2) is 24.3 Å². The molecule has 49 heavy (non-hydrogen) atoms. The van der Waals surface area contributed by atoms with E-state index in [0.29, 0.717) is 25.7 Å². The second kappa shape index (κ2) is 37.6. The van der Waals surface area contributed by atoms with Crippen LogP contribution in [0, 0.1) is 0 Å². The maximum Gasteiger partial charge on any atom is 0.305 e. The highest BCUT2D eigenvalue weighted by atomic mass is 16.5. The van der Waals surface area contributed by atoms with Gasteiger partial charge in [0, 0.05) is 31.2 Å². The predicted molar refractivity (Wildman–Crippen MR) is 209 cm³/mol. The summed E-state index contributed by atoms with van der Waals surface area (Å²) in [5.41, 5.74) is -0.632. The van der Waals surface area contributed by atoms with E-state index >= 15 is 0 Å². The van der Waals surface area contributed by atoms with E-state index in [4.69, 9.17) is 9.47 Å². The topological polar surface area (TPSA) is 84.9 Å². The third kappa shape index (κ3) is 33.3. The van der Waals surface area contributed by atoms with Crippen LogP contribution in [0.2, 0.25) is 0 Å². The normalized spacial score (nSPS) is 13.0. The molecule has 288 valence electrons. The zero-order valence-electron chi connectivity index (χ0n) is 32.7. The maximum absolute atomic E-state index is 12.2. The summed E-state index contributed by atoms with van der Waals surface area (Å²) in [4.78, 5) is 24.5. The van der Waals surface area contributed by atoms with Crippen molar-refractivity contribution in [2.24, 2.45) is 0 Å². The van der Waals surface area contributed by atoms with Crippen molar-refractivity contribution in [3.05, 3.63) is 24.3 Å². The molecule has 0 aliphatic carbocycles. The number of carbonyl (C=O) groups excluding carboxylic acids is 2. The number of ether oxygens (including phenoxy) is 2. The van der Waals surface area contributed by atoms with Gasteiger partial charge in [0.25, 0.3) is 0 Å². The van der Waals surface area contributed by atoms with Crippen LogP contribution in [0.5, 0.6) is 0 Å². The first-order chi connectivity index (χ1) is 24.0. The molecule has 0 saturated heterocycles. The molecule has 2 N–H and O–H groups in total. The lowest BCUT2D eigenvalue weighted by Crippen LogP contribution is -2.48. The Labute approximate surface area is 304 Å². The Bertz CT molecular complexity index is 716. The first kappa shape index (κ1) is 47.3. The molecule has 0 spiro atoms. The van der Waals surface area contributed by atoms with Crippen molar-refractivity contribution in [2.75, 3.05) is 26.9 Å². The van der Waals surface area contributed by atoms with Crippen molar-refractivity contribution in [1.29, 1.82) is 0 Å². The van der Waals surface area contributed by atoms with Crippen molar-refractivity contribution in [3.63, 3.8) is 0 Å². The van der Waals surface area contributed by atoms with E-state index in [0.717, 1.165) is 51.4 Å². The van der Waals surface area contributed by atoms with Gasteiger partial charge in [-0.25, -0.2) is 0 Å². The Morgan fingerprint density at radius 1 is 0.510 bits per heavy atom. The maximum atomic E-state index is 12.2. The highest BCUT2D eigenvalue weighted by Crippen LogP contribution is 2.17. The quantitative estimate of drug-likeness (QED) is 0.0381. The van der Waals surface area contributed by atoms with Gasteiger partial charge in [-0.1, -0.05) is 141 Å². The van der Waals surface area contributed by atoms with Crippen LogP contribution in [-0.4, -0.2) is 49.5 Å². The van der Waals surface area contributed by atoms with E-state index in [-0.39, 0.29) is 31.8 Å². The molecule has 0 amide bonds. The van der Waals surface area contributed by atoms with E-state index in [1.165, 1.54) is 116 Å². The molecule has 0 rings (SSSR count). The van der Waals surface area contributed by atoms with Crippen LogP contribution in [0.1, 0.15) is 206 Å². The lowest BCUT2D eigenvalue weighted by Gasteiger charge is -2.31. The van der Waals surface area contributed by atoms with Gasteiger partial charge in [0.2, 0.25) is 0 Å². The number of unbranched alkanes of at least 4 members (excludes halogenated alkanes) is 22. The summed E-state index contributed by atoms with van der Waals surface area (Å²) >= 11 is 0. The Kier molecular flexibility index (Phi) is 36.3. The summed E-state index contributed by atoms with van der Waals surface area (Å²) in [6.45, 7) is 4.90. The van der Waals surface area contributed by atoms with E-state index in [1.54, 1.807) is 7.05 Å². The third-order valence-corrected chi connectivity index (χ3v) is 9.81. The van der Waals surface area contributed by atoms with E-state index < -0.39 is 5.54 Å². The Balaban J connectivity index is 3.77. The lowest BCUT2D eigenvalue weighted by molar-refractivity contribution is -0.144. The van der Waals surface area contributed by atoms with Gasteiger partial charge in [-0.3, -0.25) is 9.59 Å². The summed E-state index contributed by atoms with van der Waals surface area (Å²) in [5, 5.41) is 13.2. The molecule has 0 radical (unpaired) electrons. The molecular weight excluding hydrogens is 610 g/mol. The molecule has 0 aromatic carbocycles. The molecule has 0 atom stereocenters. The number of esters is 2. The van der Waals surface area contributed by atoms with Crippen molar-refractivity contribution in [2.45, 2.75) is 212 Å². The van der Waals surface area contributed by atoms with Gasteiger partial charge >= 0.3 is 11.9 Å². The van der Waals surface area contributed by atoms with Crippen LogP contribution in [0.4, 0.5) is 0 Å². The molecule has 6 nitrogen and oxygen atoms in total. The standard InChI is InChI=1S/C43H81NO5/c1-4-6-8-10-12-14-16-18-20-22-24-26-28-30-32-34-41(46)48-38-36-43(40-45,44-3)37-39-49-42(47)35-33-31-29-27-25-23-21-19-17-15-13-11-9-7-5-2/h18-21,44-45H,4-17,22-40H2,1-3H3. The fourth-order valence-electron chi connectivity index (χ4n) is 6.16. The average molecular weight is 692 g/mol. The highest BCUT2D eigenvalue weighted by Gasteiger charge is 2.28. The minimum Gasteiger partial charge on any atom is -0.466 e. The van der Waals surface area contributed by atoms with Crippen LogP contribution in [0.3, 0.4) is 0 Å². The first-order valence-corrected chi connectivity index (χ1v) is 20.9. The van der Waals surface area contributed by atoms with E-state index in [2.05, 4.69) is 43.5 Å². The Morgan fingerprint density at radius 3 is 1.12 bits per heavy atom. The third-order valence-electron chi connectivity index (χ3n) is 9.81. The van der Waals surface area contributed by atoms with Crippen LogP contribution in [0.25, 0.3) is 0 Å². The molecular formula is C43H81NO5. The minimum atomic E-state index is -0.632. The molecule has 0 aliphatic heterocycles. The molecule has 0 saturated carbocycles. The van der Waals surface area contributed by atoms with E-state index in [1.807, 2.05) is 0 Å². The van der Waals surface area contributed by atoms with Gasteiger partial charge in [-0.2, -0.15) is 0 Å². The number of hydrogen-bond donors (Lipinski definition) is 2. The van der Waals surface area contributed by atoms with Crippen LogP contribution < -0.4 is 5.32 Å². The summed E-state index contributed by atoms with van der Waals surface area (Å²) < 4.78 is 10.9. The van der Waals surface area contributed by atoms with Crippen molar-refractivity contribution in [3.8, 4) is 0 Å². The van der Waals surface area contributed by atoms with Gasteiger partial charge in [0.1, 0.15) is 0 Å². The second-order valence-corrected chi connectivity index (χ2v) is 14.3. The molecule has 0 aliphatic rings. The number of rotatable bonds is 38. The summed E-state index contributed by atoms with van der Waals surface area (Å²) in [5.74, 6) is -0.348. The molecule has 0 heterocycles.